The van der Waals surface area contributed by atoms with Gasteiger partial charge >= 0.3 is 5.97 Å². The Morgan fingerprint density at radius 2 is 1.93 bits per heavy atom. The molecule has 0 radical (unpaired) electrons. The fourth-order valence-electron chi connectivity index (χ4n) is 5.28. The van der Waals surface area contributed by atoms with Crippen molar-refractivity contribution in [1.29, 1.82) is 10.5 Å². The second kappa shape index (κ2) is 10.7. The van der Waals surface area contributed by atoms with Crippen molar-refractivity contribution in [2.45, 2.75) is 38.1 Å². The van der Waals surface area contributed by atoms with Crippen LogP contribution >= 0.6 is 0 Å². The van der Waals surface area contributed by atoms with Gasteiger partial charge in [0.05, 0.1) is 22.8 Å². The summed E-state index contributed by atoms with van der Waals surface area (Å²) in [5.74, 6) is -1.65. The molecule has 0 unspecified atom stereocenters. The molecule has 2 aromatic carbocycles. The van der Waals surface area contributed by atoms with Crippen LogP contribution in [0.25, 0.3) is 22.0 Å². The largest absolute Gasteiger partial charge is 0.478 e. The molecule has 0 aliphatic carbocycles. The first-order valence-corrected chi connectivity index (χ1v) is 12.9. The molecule has 0 bridgehead atoms. The van der Waals surface area contributed by atoms with E-state index in [2.05, 4.69) is 27.4 Å². The number of fused-ring (bicyclic) bond motifs is 1. The summed E-state index contributed by atoms with van der Waals surface area (Å²) < 4.78 is 20.9. The number of anilines is 1. The van der Waals surface area contributed by atoms with Crippen molar-refractivity contribution in [2.75, 3.05) is 18.5 Å². The van der Waals surface area contributed by atoms with E-state index in [1.165, 1.54) is 18.3 Å². The fourth-order valence-corrected chi connectivity index (χ4v) is 5.28. The average Bonchev–Trinajstić information content (AvgIpc) is 2.96. The van der Waals surface area contributed by atoms with Crippen molar-refractivity contribution in [1.82, 2.24) is 9.97 Å². The number of hydrogen-bond acceptors (Lipinski definition) is 7. The van der Waals surface area contributed by atoms with Gasteiger partial charge in [-0.15, -0.1) is 0 Å². The minimum atomic E-state index is -1.06. The van der Waals surface area contributed by atoms with Crippen LogP contribution in [0, 0.1) is 35.4 Å². The van der Waals surface area contributed by atoms with E-state index in [0.717, 1.165) is 16.5 Å². The monoisotopic (exact) mass is 535 g/mol. The number of ether oxygens (including phenoxy) is 1. The Morgan fingerprint density at radius 3 is 2.60 bits per heavy atom. The first kappa shape index (κ1) is 26.7. The van der Waals surface area contributed by atoms with E-state index in [-0.39, 0.29) is 23.0 Å². The summed E-state index contributed by atoms with van der Waals surface area (Å²) in [6.07, 6.45) is 2.19. The molecule has 1 atom stereocenters. The van der Waals surface area contributed by atoms with E-state index < -0.39 is 17.2 Å². The van der Waals surface area contributed by atoms with Gasteiger partial charge in [0.2, 0.25) is 0 Å². The quantitative estimate of drug-likeness (QED) is 0.305. The number of benzene rings is 2. The Labute approximate surface area is 230 Å². The molecule has 40 heavy (non-hydrogen) atoms. The molecule has 1 aliphatic rings. The number of rotatable bonds is 6. The van der Waals surface area contributed by atoms with Crippen LogP contribution in [0.2, 0.25) is 0 Å². The molecule has 8 nitrogen and oxygen atoms in total. The summed E-state index contributed by atoms with van der Waals surface area (Å²) >= 11 is 0. The number of carboxylic acids is 1. The predicted octanol–water partition coefficient (Wildman–Crippen LogP) is 6.06. The normalized spacial score (nSPS) is 15.1. The van der Waals surface area contributed by atoms with Crippen LogP contribution in [0.3, 0.4) is 0 Å². The predicted molar refractivity (Wildman–Crippen MR) is 147 cm³/mol. The smallest absolute Gasteiger partial charge is 0.337 e. The molecule has 2 N–H and O–H groups in total. The lowest BCUT2D eigenvalue weighted by atomic mass is 9.78. The van der Waals surface area contributed by atoms with Gasteiger partial charge in [0, 0.05) is 47.7 Å². The molecule has 1 saturated heterocycles. The van der Waals surface area contributed by atoms with E-state index in [1.807, 2.05) is 26.0 Å². The molecular weight excluding hydrogens is 509 g/mol. The van der Waals surface area contributed by atoms with Gasteiger partial charge in [-0.25, -0.2) is 14.2 Å². The Bertz CT molecular complexity index is 1720. The number of hydrogen-bond donors (Lipinski definition) is 2. The molecule has 200 valence electrons. The minimum Gasteiger partial charge on any atom is -0.478 e. The summed E-state index contributed by atoms with van der Waals surface area (Å²) in [4.78, 5) is 20.7. The number of carboxylic acid groups (broad SMARTS) is 1. The lowest BCUT2D eigenvalue weighted by Crippen LogP contribution is -2.34. The van der Waals surface area contributed by atoms with Gasteiger partial charge in [-0.1, -0.05) is 18.2 Å². The number of para-hydroxylation sites is 1. The standard InChI is InChI=1S/C31H26FN5O3/c1-18-11-22(19(2)36-26-6-4-3-5-21(26)30(38)39)24-14-23(28(15-33)37-27(24)12-18)20-13-25(32)29(35-16-20)31(17-34)7-9-40-10-8-31/h3-6,11-14,16,19,36H,7-10H2,1-2H3,(H,38,39)/t19-/m1/s1. The van der Waals surface area contributed by atoms with Crippen molar-refractivity contribution >= 4 is 22.6 Å². The number of halogens is 1. The van der Waals surface area contributed by atoms with Gasteiger partial charge in [0.25, 0.3) is 0 Å². The lowest BCUT2D eigenvalue weighted by Gasteiger charge is -2.30. The second-order valence-corrected chi connectivity index (χ2v) is 9.99. The van der Waals surface area contributed by atoms with Gasteiger partial charge in [-0.05, 0) is 68.1 Å². The topological polar surface area (TPSA) is 132 Å². The van der Waals surface area contributed by atoms with Gasteiger partial charge in [-0.2, -0.15) is 10.5 Å². The zero-order chi connectivity index (χ0) is 28.4. The summed E-state index contributed by atoms with van der Waals surface area (Å²) in [5.41, 5.74) is 2.90. The average molecular weight is 536 g/mol. The van der Waals surface area contributed by atoms with E-state index >= 15 is 4.39 Å². The van der Waals surface area contributed by atoms with Crippen LogP contribution < -0.4 is 5.32 Å². The Balaban J connectivity index is 1.60. The maximum atomic E-state index is 15.5. The number of aromatic carboxylic acids is 1. The third-order valence-corrected chi connectivity index (χ3v) is 7.38. The molecule has 2 aromatic heterocycles. The highest BCUT2D eigenvalue weighted by Gasteiger charge is 2.38. The Hall–Kier alpha value is -4.86. The van der Waals surface area contributed by atoms with Gasteiger partial charge < -0.3 is 15.2 Å². The van der Waals surface area contributed by atoms with Crippen molar-refractivity contribution in [3.05, 3.63) is 88.6 Å². The molecule has 1 aliphatic heterocycles. The summed E-state index contributed by atoms with van der Waals surface area (Å²) in [5, 5.41) is 33.4. The van der Waals surface area contributed by atoms with E-state index in [0.29, 0.717) is 48.4 Å². The van der Waals surface area contributed by atoms with E-state index in [4.69, 9.17) is 4.74 Å². The lowest BCUT2D eigenvalue weighted by molar-refractivity contribution is 0.0652. The highest BCUT2D eigenvalue weighted by Crippen LogP contribution is 2.37. The van der Waals surface area contributed by atoms with Gasteiger partial charge in [0.1, 0.15) is 23.0 Å². The van der Waals surface area contributed by atoms with Gasteiger partial charge in [-0.3, -0.25) is 4.98 Å². The third-order valence-electron chi connectivity index (χ3n) is 7.38. The SMILES string of the molecule is Cc1cc([C@@H](C)Nc2ccccc2C(=O)O)c2cc(-c3cnc(C4(C#N)CCOCC4)c(F)c3)c(C#N)nc2c1. The zero-order valence-corrected chi connectivity index (χ0v) is 22.0. The molecule has 0 amide bonds. The van der Waals surface area contributed by atoms with Crippen molar-refractivity contribution < 1.29 is 19.0 Å². The number of nitrogens with one attached hydrogen (secondary N) is 1. The van der Waals surface area contributed by atoms with Crippen LogP contribution in [-0.2, 0) is 10.2 Å². The number of aromatic nitrogens is 2. The molecule has 0 saturated carbocycles. The van der Waals surface area contributed by atoms with Crippen LogP contribution in [0.1, 0.15) is 58.7 Å². The first-order chi connectivity index (χ1) is 19.3. The first-order valence-electron chi connectivity index (χ1n) is 12.9. The van der Waals surface area contributed by atoms with E-state index in [1.54, 1.807) is 24.3 Å². The Kier molecular flexibility index (Phi) is 7.17. The maximum absolute atomic E-state index is 15.5. The minimum absolute atomic E-state index is 0.0838. The number of pyridine rings is 2. The fraction of sp³-hybridized carbons (Fsp3) is 0.258. The van der Waals surface area contributed by atoms with Crippen LogP contribution in [0.5, 0.6) is 0 Å². The maximum Gasteiger partial charge on any atom is 0.337 e. The van der Waals surface area contributed by atoms with Crippen molar-refractivity contribution in [2.24, 2.45) is 0 Å². The zero-order valence-electron chi connectivity index (χ0n) is 22.0. The molecule has 0 spiro atoms. The molecule has 5 rings (SSSR count). The summed E-state index contributed by atoms with van der Waals surface area (Å²) in [6, 6.07) is 17.6. The van der Waals surface area contributed by atoms with Crippen molar-refractivity contribution in [3.8, 4) is 23.3 Å². The van der Waals surface area contributed by atoms with Crippen LogP contribution in [-0.4, -0.2) is 34.3 Å². The molecule has 1 fully saturated rings. The molecule has 3 heterocycles. The summed E-state index contributed by atoms with van der Waals surface area (Å²) in [7, 11) is 0. The van der Waals surface area contributed by atoms with E-state index in [9.17, 15) is 20.4 Å². The third kappa shape index (κ3) is 4.84. The van der Waals surface area contributed by atoms with Crippen LogP contribution in [0.4, 0.5) is 10.1 Å². The molecule has 9 heteroatoms. The highest BCUT2D eigenvalue weighted by atomic mass is 19.1. The highest BCUT2D eigenvalue weighted by molar-refractivity contribution is 5.94. The number of aryl methyl sites for hydroxylation is 1. The number of carbonyl (C=O) groups is 1. The van der Waals surface area contributed by atoms with Crippen LogP contribution in [0.15, 0.2) is 54.7 Å². The summed E-state index contributed by atoms with van der Waals surface area (Å²) in [6.45, 7) is 4.54. The second-order valence-electron chi connectivity index (χ2n) is 9.99. The van der Waals surface area contributed by atoms with Gasteiger partial charge in [0.15, 0.2) is 0 Å². The Morgan fingerprint density at radius 1 is 1.18 bits per heavy atom. The number of nitriles is 2. The number of nitrogens with zero attached hydrogens (tertiary/aromatic N) is 4. The molecule has 4 aromatic rings. The molecular formula is C31H26FN5O3. The van der Waals surface area contributed by atoms with Crippen molar-refractivity contribution in [3.63, 3.8) is 0 Å².